The number of aryl methyl sites for hydroxylation is 1. The Hall–Kier alpha value is -3.53. The molecule has 170 valence electrons. The number of ether oxygens (including phenoxy) is 2. The fraction of sp³-hybridized carbons (Fsp3) is 0.304. The lowest BCUT2D eigenvalue weighted by Crippen LogP contribution is -2.25. The highest BCUT2D eigenvalue weighted by molar-refractivity contribution is 7.99. The smallest absolute Gasteiger partial charge is 0.409 e. The van der Waals surface area contributed by atoms with Gasteiger partial charge in [-0.15, -0.1) is 10.2 Å². The van der Waals surface area contributed by atoms with Crippen LogP contribution >= 0.6 is 11.8 Å². The first-order valence-corrected chi connectivity index (χ1v) is 11.7. The van der Waals surface area contributed by atoms with Gasteiger partial charge in [0.15, 0.2) is 5.16 Å². The minimum absolute atomic E-state index is 0.182. The average molecular weight is 466 g/mol. The molecule has 10 heteroatoms. The van der Waals surface area contributed by atoms with Crippen LogP contribution in [-0.2, 0) is 4.74 Å². The van der Waals surface area contributed by atoms with E-state index in [1.54, 1.807) is 28.3 Å². The first-order chi connectivity index (χ1) is 16.1. The van der Waals surface area contributed by atoms with Crippen molar-refractivity contribution in [3.63, 3.8) is 0 Å². The number of cyclic esters (lactones) is 1. The second kappa shape index (κ2) is 8.78. The number of amides is 1. The van der Waals surface area contributed by atoms with Crippen molar-refractivity contribution >= 4 is 34.5 Å². The summed E-state index contributed by atoms with van der Waals surface area (Å²) in [5.74, 6) is 1.74. The maximum absolute atomic E-state index is 13.5. The molecule has 4 aromatic rings. The zero-order valence-corrected chi connectivity index (χ0v) is 19.2. The molecular weight excluding hydrogens is 442 g/mol. The summed E-state index contributed by atoms with van der Waals surface area (Å²) in [6.07, 6.45) is 0.535. The third-order valence-corrected chi connectivity index (χ3v) is 6.63. The molecule has 1 aliphatic heterocycles. The summed E-state index contributed by atoms with van der Waals surface area (Å²) in [7, 11) is 1.58. The molecule has 9 nitrogen and oxygen atoms in total. The first kappa shape index (κ1) is 21.3. The van der Waals surface area contributed by atoms with E-state index in [4.69, 9.17) is 9.47 Å². The van der Waals surface area contributed by atoms with Crippen LogP contribution in [0.4, 0.5) is 4.79 Å². The lowest BCUT2D eigenvalue weighted by molar-refractivity contribution is 0.158. The number of aromatic nitrogens is 4. The standard InChI is InChI=1S/C23H23N5O4S/c1-15-8-9-19(31-2)18(14-15)27-20(29)16-6-3-4-7-17(16)28-21(27)24-25-22(28)33-13-5-10-26-11-12-32-23(26)30/h3-4,6-9,14H,5,10-13H2,1-2H3. The molecule has 1 saturated heterocycles. The van der Waals surface area contributed by atoms with Gasteiger partial charge in [-0.2, -0.15) is 0 Å². The Morgan fingerprint density at radius 3 is 2.79 bits per heavy atom. The molecule has 2 aromatic carbocycles. The van der Waals surface area contributed by atoms with Gasteiger partial charge in [-0.25, -0.2) is 9.36 Å². The molecule has 3 heterocycles. The Balaban J connectivity index is 1.57. The lowest BCUT2D eigenvalue weighted by Gasteiger charge is -2.15. The Bertz CT molecular complexity index is 1410. The van der Waals surface area contributed by atoms with Crippen molar-refractivity contribution in [2.75, 3.05) is 32.6 Å². The quantitative estimate of drug-likeness (QED) is 0.306. The van der Waals surface area contributed by atoms with Crippen LogP contribution in [0.3, 0.4) is 0 Å². The van der Waals surface area contributed by atoms with Gasteiger partial charge < -0.3 is 14.4 Å². The monoisotopic (exact) mass is 465 g/mol. The molecular formula is C23H23N5O4S. The van der Waals surface area contributed by atoms with E-state index < -0.39 is 0 Å². The molecule has 0 saturated carbocycles. The summed E-state index contributed by atoms with van der Waals surface area (Å²) in [5.41, 5.74) is 2.18. The summed E-state index contributed by atoms with van der Waals surface area (Å²) in [4.78, 5) is 26.9. The Morgan fingerprint density at radius 1 is 1.15 bits per heavy atom. The highest BCUT2D eigenvalue weighted by atomic mass is 32.2. The molecule has 0 atom stereocenters. The number of fused-ring (bicyclic) bond motifs is 3. The van der Waals surface area contributed by atoms with Crippen LogP contribution < -0.4 is 10.3 Å². The van der Waals surface area contributed by atoms with Crippen molar-refractivity contribution in [1.29, 1.82) is 0 Å². The Labute approximate surface area is 193 Å². The molecule has 0 radical (unpaired) electrons. The highest BCUT2D eigenvalue weighted by Gasteiger charge is 2.22. The predicted octanol–water partition coefficient (Wildman–Crippen LogP) is 3.28. The second-order valence-corrected chi connectivity index (χ2v) is 8.82. The van der Waals surface area contributed by atoms with Crippen LogP contribution in [0, 0.1) is 6.92 Å². The summed E-state index contributed by atoms with van der Waals surface area (Å²) in [6.45, 7) is 3.68. The molecule has 33 heavy (non-hydrogen) atoms. The molecule has 5 rings (SSSR count). The van der Waals surface area contributed by atoms with Crippen LogP contribution in [0.25, 0.3) is 22.4 Å². The molecule has 1 amide bonds. The topological polar surface area (TPSA) is 91.0 Å². The van der Waals surface area contributed by atoms with Crippen molar-refractivity contribution in [2.45, 2.75) is 18.5 Å². The zero-order chi connectivity index (χ0) is 22.9. The van der Waals surface area contributed by atoms with E-state index in [0.717, 1.165) is 23.3 Å². The van der Waals surface area contributed by atoms with Gasteiger partial charge in [0.05, 0.1) is 30.2 Å². The summed E-state index contributed by atoms with van der Waals surface area (Å²) in [5, 5.41) is 10.0. The van der Waals surface area contributed by atoms with Crippen LogP contribution in [0.2, 0.25) is 0 Å². The molecule has 2 aromatic heterocycles. The third-order valence-electron chi connectivity index (χ3n) is 5.62. The van der Waals surface area contributed by atoms with Gasteiger partial charge in [-0.3, -0.25) is 9.20 Å². The lowest BCUT2D eigenvalue weighted by atomic mass is 10.2. The molecule has 0 bridgehead atoms. The van der Waals surface area contributed by atoms with Crippen LogP contribution in [0.1, 0.15) is 12.0 Å². The van der Waals surface area contributed by atoms with Crippen molar-refractivity contribution in [3.05, 3.63) is 58.4 Å². The fourth-order valence-electron chi connectivity index (χ4n) is 4.01. The molecule has 0 unspecified atom stereocenters. The van der Waals surface area contributed by atoms with E-state index in [1.807, 2.05) is 53.8 Å². The number of carbonyl (C=O) groups excluding carboxylic acids is 1. The van der Waals surface area contributed by atoms with E-state index in [2.05, 4.69) is 10.2 Å². The molecule has 1 fully saturated rings. The van der Waals surface area contributed by atoms with Crippen molar-refractivity contribution < 1.29 is 14.3 Å². The van der Waals surface area contributed by atoms with Crippen LogP contribution in [0.5, 0.6) is 5.75 Å². The number of rotatable bonds is 7. The van der Waals surface area contributed by atoms with Crippen LogP contribution in [0.15, 0.2) is 52.4 Å². The van der Waals surface area contributed by atoms with E-state index in [1.165, 1.54) is 0 Å². The van der Waals surface area contributed by atoms with Gasteiger partial charge in [0.2, 0.25) is 5.78 Å². The summed E-state index contributed by atoms with van der Waals surface area (Å²) in [6, 6.07) is 13.1. The van der Waals surface area contributed by atoms with Crippen molar-refractivity contribution in [2.24, 2.45) is 0 Å². The van der Waals surface area contributed by atoms with Crippen LogP contribution in [-0.4, -0.2) is 62.7 Å². The third kappa shape index (κ3) is 3.80. The molecule has 1 aliphatic rings. The van der Waals surface area contributed by atoms with Gasteiger partial charge in [0.25, 0.3) is 5.56 Å². The Kier molecular flexibility index (Phi) is 5.67. The number of para-hydroxylation sites is 1. The van der Waals surface area contributed by atoms with Gasteiger partial charge >= 0.3 is 6.09 Å². The van der Waals surface area contributed by atoms with E-state index in [9.17, 15) is 9.59 Å². The molecule has 0 N–H and O–H groups in total. The van der Waals surface area contributed by atoms with Gasteiger partial charge in [0.1, 0.15) is 12.4 Å². The number of methoxy groups -OCH3 is 1. The first-order valence-electron chi connectivity index (χ1n) is 10.7. The summed E-state index contributed by atoms with van der Waals surface area (Å²) < 4.78 is 14.0. The largest absolute Gasteiger partial charge is 0.495 e. The molecule has 0 aliphatic carbocycles. The van der Waals surface area contributed by atoms with Gasteiger partial charge in [-0.1, -0.05) is 30.0 Å². The Morgan fingerprint density at radius 2 is 2.00 bits per heavy atom. The van der Waals surface area contributed by atoms with Crippen molar-refractivity contribution in [3.8, 4) is 11.4 Å². The van der Waals surface area contributed by atoms with Crippen molar-refractivity contribution in [1.82, 2.24) is 24.1 Å². The van der Waals surface area contributed by atoms with Gasteiger partial charge in [-0.05, 0) is 43.2 Å². The average Bonchev–Trinajstić information content (AvgIpc) is 3.43. The minimum Gasteiger partial charge on any atom is -0.495 e. The number of benzene rings is 2. The predicted molar refractivity (Wildman–Crippen MR) is 126 cm³/mol. The number of nitrogens with zero attached hydrogens (tertiary/aromatic N) is 5. The number of hydrogen-bond acceptors (Lipinski definition) is 7. The number of thioether (sulfide) groups is 1. The van der Waals surface area contributed by atoms with E-state index >= 15 is 0 Å². The van der Waals surface area contributed by atoms with Gasteiger partial charge in [0, 0.05) is 12.3 Å². The minimum atomic E-state index is -0.255. The fourth-order valence-corrected chi connectivity index (χ4v) is 4.88. The van der Waals surface area contributed by atoms with E-state index in [-0.39, 0.29) is 11.7 Å². The SMILES string of the molecule is COc1ccc(C)cc1-n1c(=O)c2ccccc2n2c(SCCCN3CCOC3=O)nnc12. The maximum Gasteiger partial charge on any atom is 0.409 e. The zero-order valence-electron chi connectivity index (χ0n) is 18.4. The maximum atomic E-state index is 13.5. The number of hydrogen-bond donors (Lipinski definition) is 0. The van der Waals surface area contributed by atoms with E-state index in [0.29, 0.717) is 47.5 Å². The second-order valence-electron chi connectivity index (χ2n) is 7.75. The highest BCUT2D eigenvalue weighted by Crippen LogP contribution is 2.28. The summed E-state index contributed by atoms with van der Waals surface area (Å²) >= 11 is 1.54. The number of carbonyl (C=O) groups is 1. The normalized spacial score (nSPS) is 13.8. The molecule has 0 spiro atoms.